The molecular formula is C36H35F2N5O2. The molecule has 0 saturated carbocycles. The quantitative estimate of drug-likeness (QED) is 0.146. The van der Waals surface area contributed by atoms with Crippen LogP contribution in [0, 0.1) is 11.7 Å². The Bertz CT molecular complexity index is 1650. The van der Waals surface area contributed by atoms with Crippen LogP contribution >= 0.6 is 0 Å². The van der Waals surface area contributed by atoms with Gasteiger partial charge in [-0.15, -0.1) is 0 Å². The lowest BCUT2D eigenvalue weighted by molar-refractivity contribution is 0.247. The van der Waals surface area contributed by atoms with Gasteiger partial charge in [-0.1, -0.05) is 61.5 Å². The summed E-state index contributed by atoms with van der Waals surface area (Å²) in [6, 6.07) is 30.4. The fourth-order valence-electron chi connectivity index (χ4n) is 4.98. The van der Waals surface area contributed by atoms with Gasteiger partial charge in [0.15, 0.2) is 0 Å². The number of urea groups is 2. The van der Waals surface area contributed by atoms with Crippen molar-refractivity contribution in [1.82, 2.24) is 10.2 Å². The number of nitrogens with zero attached hydrogens (tertiary/aromatic N) is 1. The number of hydrogen-bond donors (Lipinski definition) is 4. The van der Waals surface area contributed by atoms with E-state index in [-0.39, 0.29) is 23.6 Å². The summed E-state index contributed by atoms with van der Waals surface area (Å²) >= 11 is 0. The summed E-state index contributed by atoms with van der Waals surface area (Å²) in [4.78, 5) is 27.2. The topological polar surface area (TPSA) is 85.5 Å². The average molecular weight is 608 g/mol. The molecule has 4 amide bonds. The minimum atomic E-state index is -0.413. The molecule has 1 aliphatic rings. The molecule has 0 bridgehead atoms. The summed E-state index contributed by atoms with van der Waals surface area (Å²) in [5.74, 6) is -0.804. The number of halogens is 2. The van der Waals surface area contributed by atoms with E-state index >= 15 is 0 Å². The Balaban J connectivity index is 1.18. The zero-order chi connectivity index (χ0) is 31.6. The van der Waals surface area contributed by atoms with E-state index in [0.29, 0.717) is 42.3 Å². The summed E-state index contributed by atoms with van der Waals surface area (Å²) in [5.41, 5.74) is 5.80. The van der Waals surface area contributed by atoms with Crippen LogP contribution in [0.2, 0.25) is 0 Å². The zero-order valence-corrected chi connectivity index (χ0v) is 24.9. The second-order valence-electron chi connectivity index (χ2n) is 11.0. The van der Waals surface area contributed by atoms with Crippen molar-refractivity contribution in [3.8, 4) is 0 Å². The van der Waals surface area contributed by atoms with Gasteiger partial charge in [-0.05, 0) is 83.8 Å². The maximum absolute atomic E-state index is 13.6. The van der Waals surface area contributed by atoms with Gasteiger partial charge in [0.2, 0.25) is 0 Å². The van der Waals surface area contributed by atoms with Gasteiger partial charge in [-0.25, -0.2) is 18.4 Å². The van der Waals surface area contributed by atoms with Crippen LogP contribution in [-0.4, -0.2) is 17.0 Å². The first kappa shape index (κ1) is 31.2. The predicted octanol–water partition coefficient (Wildman–Crippen LogP) is 8.57. The first-order valence-electron chi connectivity index (χ1n) is 14.7. The van der Waals surface area contributed by atoms with Crippen molar-refractivity contribution in [2.45, 2.75) is 33.0 Å². The van der Waals surface area contributed by atoms with Crippen molar-refractivity contribution >= 4 is 29.1 Å². The molecule has 4 aromatic carbocycles. The Morgan fingerprint density at radius 3 is 1.56 bits per heavy atom. The zero-order valence-electron chi connectivity index (χ0n) is 24.9. The summed E-state index contributed by atoms with van der Waals surface area (Å²) < 4.78 is 26.7. The highest BCUT2D eigenvalue weighted by atomic mass is 19.1. The van der Waals surface area contributed by atoms with Gasteiger partial charge in [0.25, 0.3) is 0 Å². The lowest BCUT2D eigenvalue weighted by Gasteiger charge is -2.23. The molecule has 0 spiro atoms. The molecule has 0 saturated heterocycles. The molecule has 0 radical (unpaired) electrons. The van der Waals surface area contributed by atoms with Gasteiger partial charge in [-0.3, -0.25) is 4.90 Å². The molecule has 0 aliphatic heterocycles. The Kier molecular flexibility index (Phi) is 10.3. The second-order valence-corrected chi connectivity index (χ2v) is 11.0. The number of nitrogens with one attached hydrogen (secondary N) is 4. The maximum atomic E-state index is 13.6. The molecule has 0 fully saturated rings. The number of allylic oxidation sites excluding steroid dienone is 4. The number of anilines is 3. The van der Waals surface area contributed by atoms with E-state index in [1.54, 1.807) is 13.0 Å². The Hall–Kier alpha value is -5.28. The molecule has 5 rings (SSSR count). The molecule has 0 aromatic heterocycles. The fourth-order valence-corrected chi connectivity index (χ4v) is 4.98. The van der Waals surface area contributed by atoms with Crippen LogP contribution in [0.1, 0.15) is 30.0 Å². The lowest BCUT2D eigenvalue weighted by Crippen LogP contribution is -2.29. The predicted molar refractivity (Wildman–Crippen MR) is 175 cm³/mol. The lowest BCUT2D eigenvalue weighted by atomic mass is 9.99. The molecule has 7 nitrogen and oxygen atoms in total. The third-order valence-corrected chi connectivity index (χ3v) is 7.30. The highest BCUT2D eigenvalue weighted by Gasteiger charge is 2.16. The summed E-state index contributed by atoms with van der Waals surface area (Å²) in [6.45, 7) is 3.85. The highest BCUT2D eigenvalue weighted by molar-refractivity contribution is 5.99. The minimum absolute atomic E-state index is 0.184. The molecule has 4 aromatic rings. The van der Waals surface area contributed by atoms with Crippen molar-refractivity contribution in [3.63, 3.8) is 0 Å². The monoisotopic (exact) mass is 607 g/mol. The standard InChI is InChI=1S/C36H35F2N5O2/c1-25-21-33(19-20-34(25)38)42-36(45)40-31-15-9-28(10-16-31)24-43(22-26-5-3-2-4-6-26)23-27-7-13-30(14-8-27)39-35(44)41-32-17-11-29(37)12-18-32/h2-20,25H,21-24H2,1H3,(H2,39,41,44)(H2,40,42,45). The van der Waals surface area contributed by atoms with Crippen molar-refractivity contribution in [3.05, 3.63) is 149 Å². The molecule has 1 unspecified atom stereocenters. The average Bonchev–Trinajstić information content (AvgIpc) is 3.02. The molecule has 1 aliphatic carbocycles. The van der Waals surface area contributed by atoms with Gasteiger partial charge in [0.1, 0.15) is 11.6 Å². The van der Waals surface area contributed by atoms with E-state index in [2.05, 4.69) is 38.3 Å². The number of carbonyl (C=O) groups is 2. The van der Waals surface area contributed by atoms with E-state index in [1.807, 2.05) is 66.7 Å². The molecule has 230 valence electrons. The summed E-state index contributed by atoms with van der Waals surface area (Å²) in [7, 11) is 0. The highest BCUT2D eigenvalue weighted by Crippen LogP contribution is 2.24. The Morgan fingerprint density at radius 1 is 0.622 bits per heavy atom. The van der Waals surface area contributed by atoms with Crippen molar-refractivity contribution < 1.29 is 18.4 Å². The molecule has 0 heterocycles. The van der Waals surface area contributed by atoms with Crippen molar-refractivity contribution in [1.29, 1.82) is 0 Å². The third kappa shape index (κ3) is 9.61. The van der Waals surface area contributed by atoms with E-state index < -0.39 is 6.03 Å². The van der Waals surface area contributed by atoms with E-state index in [0.717, 1.165) is 17.7 Å². The van der Waals surface area contributed by atoms with Gasteiger partial charge < -0.3 is 21.3 Å². The number of carbonyl (C=O) groups excluding carboxylic acids is 2. The van der Waals surface area contributed by atoms with Crippen LogP contribution in [0.25, 0.3) is 0 Å². The van der Waals surface area contributed by atoms with Crippen LogP contribution in [0.5, 0.6) is 0 Å². The summed E-state index contributed by atoms with van der Waals surface area (Å²) in [5, 5.41) is 11.1. The van der Waals surface area contributed by atoms with Crippen LogP contribution in [0.15, 0.2) is 127 Å². The van der Waals surface area contributed by atoms with Gasteiger partial charge in [0.05, 0.1) is 0 Å². The number of hydrogen-bond acceptors (Lipinski definition) is 3. The minimum Gasteiger partial charge on any atom is -0.311 e. The van der Waals surface area contributed by atoms with Gasteiger partial charge in [-0.2, -0.15) is 0 Å². The smallest absolute Gasteiger partial charge is 0.311 e. The van der Waals surface area contributed by atoms with Gasteiger partial charge in [0, 0.05) is 48.3 Å². The maximum Gasteiger partial charge on any atom is 0.323 e. The second kappa shape index (κ2) is 14.9. The number of benzene rings is 4. The molecule has 4 N–H and O–H groups in total. The first-order valence-corrected chi connectivity index (χ1v) is 14.7. The van der Waals surface area contributed by atoms with Crippen LogP contribution in [0.4, 0.5) is 35.4 Å². The van der Waals surface area contributed by atoms with E-state index in [1.165, 1.54) is 35.9 Å². The normalized spacial score (nSPS) is 14.3. The molecule has 1 atom stereocenters. The van der Waals surface area contributed by atoms with Crippen LogP contribution in [-0.2, 0) is 19.6 Å². The van der Waals surface area contributed by atoms with Crippen LogP contribution in [0.3, 0.4) is 0 Å². The Morgan fingerprint density at radius 2 is 1.07 bits per heavy atom. The van der Waals surface area contributed by atoms with E-state index in [9.17, 15) is 18.4 Å². The first-order chi connectivity index (χ1) is 21.8. The number of rotatable bonds is 10. The molecule has 9 heteroatoms. The largest absolute Gasteiger partial charge is 0.323 e. The fraction of sp³-hybridized carbons (Fsp3) is 0.167. The number of amides is 4. The van der Waals surface area contributed by atoms with Gasteiger partial charge >= 0.3 is 12.1 Å². The third-order valence-electron chi connectivity index (χ3n) is 7.30. The van der Waals surface area contributed by atoms with E-state index in [4.69, 9.17) is 0 Å². The molecular weight excluding hydrogens is 572 g/mol. The molecule has 45 heavy (non-hydrogen) atoms. The van der Waals surface area contributed by atoms with Crippen molar-refractivity contribution in [2.24, 2.45) is 5.92 Å². The van der Waals surface area contributed by atoms with Crippen LogP contribution < -0.4 is 21.3 Å². The SMILES string of the molecule is CC1CC(NC(=O)Nc2ccc(CN(Cc3ccccc3)Cc3ccc(NC(=O)Nc4ccc(F)cc4)cc3)cc2)=CC=C1F. The van der Waals surface area contributed by atoms with Crippen molar-refractivity contribution in [2.75, 3.05) is 16.0 Å². The Labute approximate surface area is 261 Å². The summed E-state index contributed by atoms with van der Waals surface area (Å²) in [6.07, 6.45) is 3.43.